The zero-order valence-corrected chi connectivity index (χ0v) is 12.9. The molecule has 0 saturated heterocycles. The van der Waals surface area contributed by atoms with Gasteiger partial charge < -0.3 is 19.5 Å². The van der Waals surface area contributed by atoms with Crippen molar-refractivity contribution >= 4 is 17.3 Å². The fourth-order valence-electron chi connectivity index (χ4n) is 1.91. The number of aromatic nitrogens is 1. The van der Waals surface area contributed by atoms with Crippen molar-refractivity contribution in [2.45, 2.75) is 6.54 Å². The average Bonchev–Trinajstić information content (AvgIpc) is 2.53. The lowest BCUT2D eigenvalue weighted by atomic mass is 10.1. The number of methoxy groups -OCH3 is 3. The molecule has 0 spiro atoms. The van der Waals surface area contributed by atoms with Gasteiger partial charge in [0.25, 0.3) is 0 Å². The Labute approximate surface area is 128 Å². The highest BCUT2D eigenvalue weighted by Gasteiger charge is 2.11. The van der Waals surface area contributed by atoms with E-state index in [1.165, 1.54) is 0 Å². The van der Waals surface area contributed by atoms with Crippen LogP contribution in [0.4, 0.5) is 5.69 Å². The zero-order valence-electron chi connectivity index (χ0n) is 12.1. The van der Waals surface area contributed by atoms with Gasteiger partial charge in [-0.2, -0.15) is 0 Å². The number of anilines is 1. The van der Waals surface area contributed by atoms with E-state index >= 15 is 0 Å². The molecule has 6 heteroatoms. The molecule has 1 aromatic carbocycles. The summed E-state index contributed by atoms with van der Waals surface area (Å²) in [4.78, 5) is 4.02. The van der Waals surface area contributed by atoms with Crippen molar-refractivity contribution in [1.29, 1.82) is 0 Å². The second-order valence-corrected chi connectivity index (χ2v) is 4.63. The van der Waals surface area contributed by atoms with Crippen LogP contribution >= 0.6 is 11.6 Å². The third kappa shape index (κ3) is 3.70. The van der Waals surface area contributed by atoms with E-state index in [1.54, 1.807) is 39.7 Å². The van der Waals surface area contributed by atoms with Crippen LogP contribution in [-0.2, 0) is 6.54 Å². The Hall–Kier alpha value is -2.14. The van der Waals surface area contributed by atoms with E-state index in [-0.39, 0.29) is 0 Å². The van der Waals surface area contributed by atoms with Gasteiger partial charge in [0.1, 0.15) is 10.9 Å². The summed E-state index contributed by atoms with van der Waals surface area (Å²) < 4.78 is 15.9. The Morgan fingerprint density at radius 2 is 1.67 bits per heavy atom. The molecule has 0 fully saturated rings. The number of halogens is 1. The van der Waals surface area contributed by atoms with Crippen molar-refractivity contribution in [1.82, 2.24) is 4.98 Å². The van der Waals surface area contributed by atoms with Crippen molar-refractivity contribution in [2.75, 3.05) is 26.6 Å². The zero-order chi connectivity index (χ0) is 15.2. The molecule has 21 heavy (non-hydrogen) atoms. The highest BCUT2D eigenvalue weighted by molar-refractivity contribution is 6.29. The summed E-state index contributed by atoms with van der Waals surface area (Å²) in [7, 11) is 4.81. The molecule has 0 aliphatic carbocycles. The standard InChI is InChI=1S/C15H17ClN2O3/c1-19-12-7-14(21-3)13(20-2)6-10(12)8-17-11-4-5-15(16)18-9-11/h4-7,9,17H,8H2,1-3H3. The first-order chi connectivity index (χ1) is 10.2. The highest BCUT2D eigenvalue weighted by Crippen LogP contribution is 2.34. The summed E-state index contributed by atoms with van der Waals surface area (Å²) in [5, 5.41) is 3.72. The Morgan fingerprint density at radius 1 is 1.00 bits per heavy atom. The number of pyridine rings is 1. The van der Waals surface area contributed by atoms with Crippen molar-refractivity contribution < 1.29 is 14.2 Å². The monoisotopic (exact) mass is 308 g/mol. The summed E-state index contributed by atoms with van der Waals surface area (Å²) in [6.07, 6.45) is 1.68. The van der Waals surface area contributed by atoms with Crippen LogP contribution < -0.4 is 19.5 Å². The first kappa shape index (κ1) is 15.3. The second kappa shape index (κ2) is 7.04. The molecule has 2 rings (SSSR count). The van der Waals surface area contributed by atoms with Crippen molar-refractivity contribution in [2.24, 2.45) is 0 Å². The molecule has 0 saturated carbocycles. The molecule has 2 aromatic rings. The minimum Gasteiger partial charge on any atom is -0.496 e. The van der Waals surface area contributed by atoms with Crippen LogP contribution in [0.25, 0.3) is 0 Å². The van der Waals surface area contributed by atoms with Crippen molar-refractivity contribution in [3.8, 4) is 17.2 Å². The molecule has 1 N–H and O–H groups in total. The van der Waals surface area contributed by atoms with Crippen LogP contribution in [0, 0.1) is 0 Å². The third-order valence-corrected chi connectivity index (χ3v) is 3.22. The predicted molar refractivity (Wildman–Crippen MR) is 82.7 cm³/mol. The maximum Gasteiger partial charge on any atom is 0.164 e. The van der Waals surface area contributed by atoms with Gasteiger partial charge in [0.2, 0.25) is 0 Å². The molecule has 0 atom stereocenters. The summed E-state index contributed by atoms with van der Waals surface area (Å²) in [6, 6.07) is 7.28. The smallest absolute Gasteiger partial charge is 0.164 e. The van der Waals surface area contributed by atoms with Crippen LogP contribution in [0.2, 0.25) is 5.15 Å². The molecule has 112 valence electrons. The summed E-state index contributed by atoms with van der Waals surface area (Å²) in [5.41, 5.74) is 1.82. The first-order valence-electron chi connectivity index (χ1n) is 6.32. The quantitative estimate of drug-likeness (QED) is 0.829. The number of rotatable bonds is 6. The molecule has 0 aliphatic rings. The first-order valence-corrected chi connectivity index (χ1v) is 6.70. The maximum atomic E-state index is 5.76. The van der Waals surface area contributed by atoms with Crippen LogP contribution in [0.3, 0.4) is 0 Å². The highest BCUT2D eigenvalue weighted by atomic mass is 35.5. The number of nitrogens with one attached hydrogen (secondary N) is 1. The number of ether oxygens (including phenoxy) is 3. The van der Waals surface area contributed by atoms with E-state index < -0.39 is 0 Å². The second-order valence-electron chi connectivity index (χ2n) is 4.24. The van der Waals surface area contributed by atoms with Gasteiger partial charge in [-0.1, -0.05) is 11.6 Å². The lowest BCUT2D eigenvalue weighted by molar-refractivity contribution is 0.347. The molecule has 1 aromatic heterocycles. The lowest BCUT2D eigenvalue weighted by Crippen LogP contribution is -2.03. The van der Waals surface area contributed by atoms with Gasteiger partial charge in [0.05, 0.1) is 33.2 Å². The molecule has 0 unspecified atom stereocenters. The molecule has 0 bridgehead atoms. The number of hydrogen-bond acceptors (Lipinski definition) is 5. The fraction of sp³-hybridized carbons (Fsp3) is 0.267. The van der Waals surface area contributed by atoms with Gasteiger partial charge in [-0.25, -0.2) is 4.98 Å². The molecule has 5 nitrogen and oxygen atoms in total. The van der Waals surface area contributed by atoms with E-state index in [0.717, 1.165) is 17.0 Å². The van der Waals surface area contributed by atoms with E-state index in [2.05, 4.69) is 10.3 Å². The molecular weight excluding hydrogens is 292 g/mol. The number of benzene rings is 1. The summed E-state index contributed by atoms with van der Waals surface area (Å²) in [5.74, 6) is 2.01. The van der Waals surface area contributed by atoms with Gasteiger partial charge in [-0.3, -0.25) is 0 Å². The van der Waals surface area contributed by atoms with Gasteiger partial charge in [0.15, 0.2) is 11.5 Å². The van der Waals surface area contributed by atoms with E-state index in [9.17, 15) is 0 Å². The normalized spacial score (nSPS) is 10.1. The Morgan fingerprint density at radius 3 is 2.24 bits per heavy atom. The van der Waals surface area contributed by atoms with Crippen LogP contribution in [0.1, 0.15) is 5.56 Å². The van der Waals surface area contributed by atoms with Gasteiger partial charge in [-0.15, -0.1) is 0 Å². The Kier molecular flexibility index (Phi) is 5.11. The summed E-state index contributed by atoms with van der Waals surface area (Å²) in [6.45, 7) is 0.562. The van der Waals surface area contributed by atoms with Crippen molar-refractivity contribution in [3.63, 3.8) is 0 Å². The van der Waals surface area contributed by atoms with Crippen LogP contribution in [0.15, 0.2) is 30.5 Å². The number of hydrogen-bond donors (Lipinski definition) is 1. The predicted octanol–water partition coefficient (Wildman–Crippen LogP) is 3.37. The summed E-state index contributed by atoms with van der Waals surface area (Å²) >= 11 is 5.76. The van der Waals surface area contributed by atoms with Gasteiger partial charge in [0, 0.05) is 18.2 Å². The van der Waals surface area contributed by atoms with Crippen LogP contribution in [0.5, 0.6) is 17.2 Å². The van der Waals surface area contributed by atoms with E-state index in [4.69, 9.17) is 25.8 Å². The SMILES string of the molecule is COc1cc(OC)c(OC)cc1CNc1ccc(Cl)nc1. The topological polar surface area (TPSA) is 52.6 Å². The fourth-order valence-corrected chi connectivity index (χ4v) is 2.02. The average molecular weight is 309 g/mol. The lowest BCUT2D eigenvalue weighted by Gasteiger charge is -2.15. The molecule has 0 radical (unpaired) electrons. The largest absolute Gasteiger partial charge is 0.496 e. The Balaban J connectivity index is 2.20. The van der Waals surface area contributed by atoms with Crippen LogP contribution in [-0.4, -0.2) is 26.3 Å². The Bertz CT molecular complexity index is 603. The van der Waals surface area contributed by atoms with Crippen molar-refractivity contribution in [3.05, 3.63) is 41.2 Å². The third-order valence-electron chi connectivity index (χ3n) is 3.00. The number of nitrogens with zero attached hydrogens (tertiary/aromatic N) is 1. The molecule has 0 aliphatic heterocycles. The van der Waals surface area contributed by atoms with E-state index in [0.29, 0.717) is 23.2 Å². The van der Waals surface area contributed by atoms with E-state index in [1.807, 2.05) is 12.1 Å². The maximum absolute atomic E-state index is 5.76. The van der Waals surface area contributed by atoms with Gasteiger partial charge >= 0.3 is 0 Å². The minimum absolute atomic E-state index is 0.462. The molecule has 0 amide bonds. The van der Waals surface area contributed by atoms with Gasteiger partial charge in [-0.05, 0) is 18.2 Å². The molecule has 1 heterocycles. The molecular formula is C15H17ClN2O3. The minimum atomic E-state index is 0.462.